The van der Waals surface area contributed by atoms with Gasteiger partial charge in [0, 0.05) is 5.56 Å². The molecule has 1 aromatic rings. The molecule has 0 aromatic heterocycles. The Morgan fingerprint density at radius 3 is 2.42 bits per heavy atom. The molecule has 1 amide bonds. The van der Waals surface area contributed by atoms with E-state index in [4.69, 9.17) is 5.41 Å². The first-order valence-corrected chi connectivity index (χ1v) is 4.36. The molecule has 0 spiro atoms. The summed E-state index contributed by atoms with van der Waals surface area (Å²) in [6, 6.07) is 7.16. The maximum atomic E-state index is 11.4. The second-order valence-corrected chi connectivity index (χ2v) is 3.45. The maximum Gasteiger partial charge on any atom is 0.269 e. The Hall–Kier alpha value is -0.910. The quantitative estimate of drug-likeness (QED) is 0.568. The summed E-state index contributed by atoms with van der Waals surface area (Å²) in [5.74, 6) is 0.174. The summed E-state index contributed by atoms with van der Waals surface area (Å²) in [7, 11) is 0. The van der Waals surface area contributed by atoms with Crippen LogP contribution in [0.1, 0.15) is 15.9 Å². The lowest BCUT2D eigenvalue weighted by Crippen LogP contribution is -2.17. The van der Waals surface area contributed by atoms with Crippen LogP contribution in [-0.4, -0.2) is 14.9 Å². The van der Waals surface area contributed by atoms with E-state index in [9.17, 15) is 4.79 Å². The molecule has 12 heavy (non-hydrogen) atoms. The Bertz CT molecular complexity index is 340. The van der Waals surface area contributed by atoms with Crippen LogP contribution in [0.3, 0.4) is 0 Å². The minimum absolute atomic E-state index is 0.101. The van der Waals surface area contributed by atoms with Crippen molar-refractivity contribution in [1.82, 2.24) is 3.11 Å². The molecule has 1 aromatic carbocycles. The largest absolute Gasteiger partial charge is 0.283 e. The number of carbonyl (C=O) groups is 1. The van der Waals surface area contributed by atoms with Gasteiger partial charge in [0.2, 0.25) is 0 Å². The zero-order valence-electron chi connectivity index (χ0n) is 6.04. The van der Waals surface area contributed by atoms with Gasteiger partial charge in [-0.15, -0.1) is 0 Å². The van der Waals surface area contributed by atoms with E-state index in [1.807, 2.05) is 28.9 Å². The number of rotatable bonds is 0. The van der Waals surface area contributed by atoms with Gasteiger partial charge >= 0.3 is 0 Å². The van der Waals surface area contributed by atoms with E-state index >= 15 is 0 Å². The highest BCUT2D eigenvalue weighted by Gasteiger charge is 2.30. The summed E-state index contributed by atoms with van der Waals surface area (Å²) >= 11 is 1.84. The Morgan fingerprint density at radius 2 is 1.83 bits per heavy atom. The van der Waals surface area contributed by atoms with E-state index in [0.717, 1.165) is 5.56 Å². The number of hydrogen-bond acceptors (Lipinski definition) is 2. The molecule has 2 rings (SSSR count). The zero-order valence-corrected chi connectivity index (χ0v) is 8.20. The van der Waals surface area contributed by atoms with Crippen LogP contribution >= 0.6 is 22.9 Å². The van der Waals surface area contributed by atoms with Crippen LogP contribution < -0.4 is 0 Å². The van der Waals surface area contributed by atoms with Gasteiger partial charge in [-0.2, -0.15) is 0 Å². The summed E-state index contributed by atoms with van der Waals surface area (Å²) in [6.07, 6.45) is 0. The van der Waals surface area contributed by atoms with Crippen LogP contribution in [0.2, 0.25) is 0 Å². The normalized spacial score (nSPS) is 15.2. The summed E-state index contributed by atoms with van der Waals surface area (Å²) < 4.78 is 1.32. The van der Waals surface area contributed by atoms with Crippen molar-refractivity contribution >= 4 is 34.6 Å². The summed E-state index contributed by atoms with van der Waals surface area (Å²) in [6.45, 7) is 0. The van der Waals surface area contributed by atoms with Crippen molar-refractivity contribution in [3.63, 3.8) is 0 Å². The highest BCUT2D eigenvalue weighted by Crippen LogP contribution is 2.24. The van der Waals surface area contributed by atoms with E-state index in [2.05, 4.69) is 0 Å². The lowest BCUT2D eigenvalue weighted by Gasteiger charge is -2.02. The van der Waals surface area contributed by atoms with Crippen molar-refractivity contribution in [1.29, 1.82) is 5.41 Å². The fourth-order valence-corrected chi connectivity index (χ4v) is 1.71. The van der Waals surface area contributed by atoms with E-state index < -0.39 is 0 Å². The first-order valence-electron chi connectivity index (χ1n) is 3.40. The van der Waals surface area contributed by atoms with Gasteiger partial charge in [-0.1, -0.05) is 18.2 Å². The summed E-state index contributed by atoms with van der Waals surface area (Å²) in [5, 5.41) is 7.56. The molecule has 0 saturated heterocycles. The van der Waals surface area contributed by atoms with Crippen molar-refractivity contribution in [3.05, 3.63) is 35.4 Å². The number of halogens is 1. The van der Waals surface area contributed by atoms with Gasteiger partial charge in [-0.05, 0) is 6.07 Å². The Labute approximate surface area is 83.4 Å². The molecule has 1 N–H and O–H groups in total. The van der Waals surface area contributed by atoms with Gasteiger partial charge in [-0.3, -0.25) is 10.2 Å². The molecule has 0 saturated carbocycles. The van der Waals surface area contributed by atoms with Gasteiger partial charge in [0.05, 0.1) is 28.4 Å². The summed E-state index contributed by atoms with van der Waals surface area (Å²) in [4.78, 5) is 11.4. The molecular formula is C8H5IN2O. The number of amidine groups is 1. The summed E-state index contributed by atoms with van der Waals surface area (Å²) in [5.41, 5.74) is 1.34. The van der Waals surface area contributed by atoms with E-state index in [-0.39, 0.29) is 11.7 Å². The molecule has 4 heteroatoms. The van der Waals surface area contributed by atoms with E-state index in [1.165, 1.54) is 3.11 Å². The molecule has 0 atom stereocenters. The second-order valence-electron chi connectivity index (χ2n) is 2.48. The van der Waals surface area contributed by atoms with Crippen LogP contribution in [0, 0.1) is 5.41 Å². The van der Waals surface area contributed by atoms with Crippen LogP contribution in [0.15, 0.2) is 24.3 Å². The topological polar surface area (TPSA) is 44.2 Å². The van der Waals surface area contributed by atoms with Crippen molar-refractivity contribution in [2.45, 2.75) is 0 Å². The molecule has 0 fully saturated rings. The van der Waals surface area contributed by atoms with Crippen molar-refractivity contribution in [2.75, 3.05) is 0 Å². The van der Waals surface area contributed by atoms with Crippen LogP contribution in [0.4, 0.5) is 0 Å². The Balaban J connectivity index is 2.67. The average Bonchev–Trinajstić information content (AvgIpc) is 2.33. The van der Waals surface area contributed by atoms with Gasteiger partial charge < -0.3 is 0 Å². The molecule has 3 nitrogen and oxygen atoms in total. The second kappa shape index (κ2) is 2.55. The van der Waals surface area contributed by atoms with Gasteiger partial charge in [0.15, 0.2) is 0 Å². The van der Waals surface area contributed by atoms with Crippen molar-refractivity contribution in [3.8, 4) is 0 Å². The maximum absolute atomic E-state index is 11.4. The number of fused-ring (bicyclic) bond motifs is 1. The molecule has 0 bridgehead atoms. The number of nitrogens with one attached hydrogen (secondary N) is 1. The third-order valence-electron chi connectivity index (χ3n) is 1.79. The van der Waals surface area contributed by atoms with Crippen molar-refractivity contribution < 1.29 is 4.79 Å². The van der Waals surface area contributed by atoms with Crippen molar-refractivity contribution in [2.24, 2.45) is 0 Å². The van der Waals surface area contributed by atoms with Crippen LogP contribution in [0.25, 0.3) is 0 Å². The molecule has 0 unspecified atom stereocenters. The Kier molecular flexibility index (Phi) is 1.64. The third-order valence-corrected chi connectivity index (χ3v) is 2.71. The number of nitrogens with zero attached hydrogens (tertiary/aromatic N) is 1. The molecule has 60 valence electrons. The minimum Gasteiger partial charge on any atom is -0.283 e. The number of amides is 1. The minimum atomic E-state index is -0.101. The van der Waals surface area contributed by atoms with Gasteiger partial charge in [0.25, 0.3) is 5.91 Å². The lowest BCUT2D eigenvalue weighted by molar-refractivity contribution is 0.0939. The monoisotopic (exact) mass is 272 g/mol. The standard InChI is InChI=1S/C8H5IN2O/c9-11-7(10)5-3-1-2-4-6(5)8(11)12/h1-4,10H. The predicted octanol–water partition coefficient (Wildman–Crippen LogP) is 1.82. The van der Waals surface area contributed by atoms with Crippen LogP contribution in [0.5, 0.6) is 0 Å². The predicted molar refractivity (Wildman–Crippen MR) is 53.5 cm³/mol. The lowest BCUT2D eigenvalue weighted by atomic mass is 10.1. The molecule has 0 radical (unpaired) electrons. The number of benzene rings is 1. The van der Waals surface area contributed by atoms with Gasteiger partial charge in [0.1, 0.15) is 5.84 Å². The van der Waals surface area contributed by atoms with Gasteiger partial charge in [-0.25, -0.2) is 3.11 Å². The fraction of sp³-hybridized carbons (Fsp3) is 0. The molecule has 1 heterocycles. The first-order chi connectivity index (χ1) is 5.72. The first kappa shape index (κ1) is 7.72. The average molecular weight is 272 g/mol. The number of hydrogen-bond donors (Lipinski definition) is 1. The van der Waals surface area contributed by atoms with E-state index in [0.29, 0.717) is 5.56 Å². The van der Waals surface area contributed by atoms with Crippen LogP contribution in [-0.2, 0) is 0 Å². The SMILES string of the molecule is N=C1c2ccccc2C(=O)N1I. The number of carbonyl (C=O) groups excluding carboxylic acids is 1. The van der Waals surface area contributed by atoms with E-state index in [1.54, 1.807) is 18.2 Å². The molecule has 1 aliphatic rings. The zero-order chi connectivity index (χ0) is 8.72. The molecule has 1 aliphatic heterocycles. The fourth-order valence-electron chi connectivity index (χ4n) is 1.19. The molecule has 0 aliphatic carbocycles. The third kappa shape index (κ3) is 0.874. The smallest absolute Gasteiger partial charge is 0.269 e. The highest BCUT2D eigenvalue weighted by molar-refractivity contribution is 14.1. The molecular weight excluding hydrogens is 267 g/mol. The highest BCUT2D eigenvalue weighted by atomic mass is 127. The Morgan fingerprint density at radius 1 is 1.25 bits per heavy atom.